The summed E-state index contributed by atoms with van der Waals surface area (Å²) in [5, 5.41) is 10.1. The first kappa shape index (κ1) is 23.5. The molecule has 0 bridgehead atoms. The van der Waals surface area contributed by atoms with Crippen molar-refractivity contribution in [3.63, 3.8) is 0 Å². The zero-order valence-corrected chi connectivity index (χ0v) is 20.2. The van der Waals surface area contributed by atoms with Gasteiger partial charge in [-0.3, -0.25) is 14.5 Å². The number of ether oxygens (including phenoxy) is 1. The number of aliphatic hydroxyl groups excluding tert-OH is 1. The molecular weight excluding hydrogens is 418 g/mol. The van der Waals surface area contributed by atoms with E-state index in [1.165, 1.54) is 35.4 Å². The van der Waals surface area contributed by atoms with Crippen LogP contribution in [-0.2, 0) is 19.5 Å². The summed E-state index contributed by atoms with van der Waals surface area (Å²) in [6.45, 7) is 10.2. The van der Waals surface area contributed by atoms with E-state index in [2.05, 4.69) is 37.8 Å². The van der Waals surface area contributed by atoms with Gasteiger partial charge in [-0.2, -0.15) is 0 Å². The van der Waals surface area contributed by atoms with E-state index >= 15 is 0 Å². The third kappa shape index (κ3) is 4.84. The number of nitrogens with zero attached hydrogens (tertiary/aromatic N) is 3. The number of carbonyl (C=O) groups is 1. The molecule has 3 heterocycles. The molecule has 1 aromatic heterocycles. The summed E-state index contributed by atoms with van der Waals surface area (Å²) in [6, 6.07) is 5.92. The van der Waals surface area contributed by atoms with E-state index in [1.807, 2.05) is 0 Å². The maximum Gasteiger partial charge on any atom is 0.259 e. The maximum atomic E-state index is 13.5. The Morgan fingerprint density at radius 1 is 1.06 bits per heavy atom. The number of rotatable bonds is 4. The number of β-amino-alcohol motifs (C(OH)–C–C–N with tert-alkyl or cyclic N) is 1. The topological polar surface area (TPSA) is 75.0 Å². The molecule has 1 amide bonds. The molecule has 7 nitrogen and oxygen atoms in total. The highest BCUT2D eigenvalue weighted by molar-refractivity contribution is 5.98. The van der Waals surface area contributed by atoms with Gasteiger partial charge in [-0.1, -0.05) is 12.1 Å². The number of carbonyl (C=O) groups excluding carboxylic acids is 1. The molecule has 1 atom stereocenters. The molecule has 0 unspecified atom stereocenters. The Morgan fingerprint density at radius 2 is 1.82 bits per heavy atom. The van der Waals surface area contributed by atoms with Crippen LogP contribution in [0, 0.1) is 20.8 Å². The zero-order chi connectivity index (χ0) is 23.7. The summed E-state index contributed by atoms with van der Waals surface area (Å²) in [7, 11) is 1.50. The van der Waals surface area contributed by atoms with Gasteiger partial charge in [-0.15, -0.1) is 0 Å². The Hall–Kier alpha value is -2.64. The summed E-state index contributed by atoms with van der Waals surface area (Å²) in [6.07, 6.45) is 1.57. The van der Waals surface area contributed by atoms with E-state index in [1.54, 1.807) is 9.47 Å². The van der Waals surface area contributed by atoms with Gasteiger partial charge in [0.2, 0.25) is 0 Å². The number of hydrogen-bond donors (Lipinski definition) is 1. The Morgan fingerprint density at radius 3 is 2.55 bits per heavy atom. The number of hydrogen-bond acceptors (Lipinski definition) is 5. The van der Waals surface area contributed by atoms with E-state index in [0.29, 0.717) is 43.8 Å². The average Bonchev–Trinajstić information content (AvgIpc) is 3.00. The van der Waals surface area contributed by atoms with Crippen molar-refractivity contribution in [1.82, 2.24) is 14.4 Å². The molecule has 1 fully saturated rings. The molecule has 7 heteroatoms. The molecule has 33 heavy (non-hydrogen) atoms. The third-order valence-electron chi connectivity index (χ3n) is 7.15. The zero-order valence-electron chi connectivity index (χ0n) is 20.2. The molecule has 0 saturated carbocycles. The van der Waals surface area contributed by atoms with Gasteiger partial charge in [0.1, 0.15) is 11.3 Å². The molecule has 0 radical (unpaired) electrons. The van der Waals surface area contributed by atoms with Gasteiger partial charge >= 0.3 is 0 Å². The third-order valence-corrected chi connectivity index (χ3v) is 7.15. The fourth-order valence-corrected chi connectivity index (χ4v) is 5.07. The molecule has 2 aromatic rings. The SMILES string of the molecule is COc1cc(=O)n2c(c1C(=O)N1CCC[C@H](O)C1)CCN(Cc1cc(C)c(C)cc1C)CC2. The van der Waals surface area contributed by atoms with Gasteiger partial charge in [-0.05, 0) is 55.9 Å². The first-order valence-corrected chi connectivity index (χ1v) is 11.9. The van der Waals surface area contributed by atoms with Gasteiger partial charge in [0, 0.05) is 57.4 Å². The molecular formula is C26H35N3O4. The molecule has 2 aliphatic rings. The number of aliphatic hydroxyl groups is 1. The predicted octanol–water partition coefficient (Wildman–Crippen LogP) is 2.44. The second kappa shape index (κ2) is 9.69. The van der Waals surface area contributed by atoms with Crippen molar-refractivity contribution in [2.75, 3.05) is 33.3 Å². The minimum absolute atomic E-state index is 0.138. The lowest BCUT2D eigenvalue weighted by Gasteiger charge is -2.31. The molecule has 4 rings (SSSR count). The van der Waals surface area contributed by atoms with Crippen LogP contribution >= 0.6 is 0 Å². The molecule has 1 saturated heterocycles. The number of likely N-dealkylation sites (tertiary alicyclic amines) is 1. The van der Waals surface area contributed by atoms with Crippen molar-refractivity contribution in [3.05, 3.63) is 62.1 Å². The molecule has 2 aliphatic heterocycles. The smallest absolute Gasteiger partial charge is 0.259 e. The summed E-state index contributed by atoms with van der Waals surface area (Å²) in [5.41, 5.74) is 6.22. The molecule has 1 N–H and O–H groups in total. The second-order valence-corrected chi connectivity index (χ2v) is 9.46. The number of benzene rings is 1. The number of aromatic nitrogens is 1. The second-order valence-electron chi connectivity index (χ2n) is 9.46. The first-order chi connectivity index (χ1) is 15.8. The van der Waals surface area contributed by atoms with E-state index < -0.39 is 6.10 Å². The standard InChI is InChI=1S/C26H35N3O4/c1-17-12-19(3)20(13-18(17)2)15-27-9-7-22-25(26(32)28-8-5-6-21(30)16-28)23(33-4)14-24(31)29(22)11-10-27/h12-14,21,30H,5-11,15-16H2,1-4H3/t21-/m0/s1. The summed E-state index contributed by atoms with van der Waals surface area (Å²) < 4.78 is 7.24. The van der Waals surface area contributed by atoms with Gasteiger partial charge in [0.15, 0.2) is 0 Å². The van der Waals surface area contributed by atoms with Gasteiger partial charge in [0.05, 0.1) is 13.2 Å². The van der Waals surface area contributed by atoms with E-state index in [9.17, 15) is 14.7 Å². The molecule has 178 valence electrons. The minimum Gasteiger partial charge on any atom is -0.496 e. The number of pyridine rings is 1. The van der Waals surface area contributed by atoms with Crippen LogP contribution in [0.4, 0.5) is 0 Å². The maximum absolute atomic E-state index is 13.5. The van der Waals surface area contributed by atoms with Crippen molar-refractivity contribution in [1.29, 1.82) is 0 Å². The fourth-order valence-electron chi connectivity index (χ4n) is 5.07. The Bertz CT molecular complexity index is 1110. The van der Waals surface area contributed by atoms with Crippen LogP contribution in [0.15, 0.2) is 23.0 Å². The summed E-state index contributed by atoms with van der Waals surface area (Å²) in [5.74, 6) is 0.169. The molecule has 0 aliphatic carbocycles. The van der Waals surface area contributed by atoms with Crippen LogP contribution in [0.1, 0.15) is 51.1 Å². The normalized spacial score (nSPS) is 19.2. The highest BCUT2D eigenvalue weighted by Crippen LogP contribution is 2.26. The predicted molar refractivity (Wildman–Crippen MR) is 128 cm³/mol. The number of aryl methyl sites for hydroxylation is 3. The van der Waals surface area contributed by atoms with Crippen molar-refractivity contribution in [2.24, 2.45) is 0 Å². The van der Waals surface area contributed by atoms with Gasteiger partial charge in [0.25, 0.3) is 11.5 Å². The fraction of sp³-hybridized carbons (Fsp3) is 0.538. The first-order valence-electron chi connectivity index (χ1n) is 11.9. The largest absolute Gasteiger partial charge is 0.496 e. The highest BCUT2D eigenvalue weighted by Gasteiger charge is 2.30. The van der Waals surface area contributed by atoms with Crippen molar-refractivity contribution in [2.45, 2.75) is 59.2 Å². The van der Waals surface area contributed by atoms with E-state index in [0.717, 1.165) is 31.7 Å². The minimum atomic E-state index is -0.504. The lowest BCUT2D eigenvalue weighted by atomic mass is 10.0. The van der Waals surface area contributed by atoms with Gasteiger partial charge in [-0.25, -0.2) is 0 Å². The monoisotopic (exact) mass is 453 g/mol. The van der Waals surface area contributed by atoms with E-state index in [4.69, 9.17) is 4.74 Å². The van der Waals surface area contributed by atoms with E-state index in [-0.39, 0.29) is 11.5 Å². The highest BCUT2D eigenvalue weighted by atomic mass is 16.5. The Kier molecular flexibility index (Phi) is 6.91. The Balaban J connectivity index is 1.63. The number of fused-ring (bicyclic) bond motifs is 1. The van der Waals surface area contributed by atoms with Crippen LogP contribution in [-0.4, -0.2) is 64.8 Å². The van der Waals surface area contributed by atoms with Crippen LogP contribution in [0.3, 0.4) is 0 Å². The van der Waals surface area contributed by atoms with Crippen molar-refractivity contribution >= 4 is 5.91 Å². The lowest BCUT2D eigenvalue weighted by Crippen LogP contribution is -2.43. The number of methoxy groups -OCH3 is 1. The van der Waals surface area contributed by atoms with Crippen molar-refractivity contribution < 1.29 is 14.6 Å². The molecule has 1 aromatic carbocycles. The van der Waals surface area contributed by atoms with Gasteiger partial charge < -0.3 is 19.3 Å². The average molecular weight is 454 g/mol. The lowest BCUT2D eigenvalue weighted by molar-refractivity contribution is 0.0469. The quantitative estimate of drug-likeness (QED) is 0.770. The summed E-state index contributed by atoms with van der Waals surface area (Å²) >= 11 is 0. The van der Waals surface area contributed by atoms with Crippen LogP contribution in [0.2, 0.25) is 0 Å². The Labute approximate surface area is 195 Å². The number of amides is 1. The van der Waals surface area contributed by atoms with Crippen LogP contribution in [0.25, 0.3) is 0 Å². The van der Waals surface area contributed by atoms with Crippen molar-refractivity contribution in [3.8, 4) is 5.75 Å². The van der Waals surface area contributed by atoms with Crippen LogP contribution < -0.4 is 10.3 Å². The molecule has 0 spiro atoms. The summed E-state index contributed by atoms with van der Waals surface area (Å²) in [4.78, 5) is 30.5. The number of piperidine rings is 1. The van der Waals surface area contributed by atoms with Crippen LogP contribution in [0.5, 0.6) is 5.75 Å².